The Morgan fingerprint density at radius 1 is 0.786 bits per heavy atom. The van der Waals surface area contributed by atoms with Crippen molar-refractivity contribution in [2.45, 2.75) is 4.90 Å². The second-order valence-corrected chi connectivity index (χ2v) is 7.37. The van der Waals surface area contributed by atoms with E-state index in [0.29, 0.717) is 6.07 Å². The van der Waals surface area contributed by atoms with Crippen molar-refractivity contribution < 1.29 is 26.4 Å². The monoisotopic (exact) mass is 406 g/mol. The Morgan fingerprint density at radius 3 is 2.04 bits per heavy atom. The molecule has 0 fully saturated rings. The Bertz CT molecular complexity index is 1130. The zero-order chi connectivity index (χ0) is 20.3. The van der Waals surface area contributed by atoms with Crippen LogP contribution in [-0.4, -0.2) is 14.3 Å². The molecule has 0 radical (unpaired) electrons. The number of rotatable bonds is 5. The van der Waals surface area contributed by atoms with Crippen LogP contribution in [0.15, 0.2) is 71.6 Å². The summed E-state index contributed by atoms with van der Waals surface area (Å²) in [6.45, 7) is 0. The topological polar surface area (TPSA) is 75.3 Å². The van der Waals surface area contributed by atoms with Gasteiger partial charge in [-0.3, -0.25) is 9.52 Å². The summed E-state index contributed by atoms with van der Waals surface area (Å²) in [6.07, 6.45) is 0. The van der Waals surface area contributed by atoms with Gasteiger partial charge in [-0.1, -0.05) is 12.1 Å². The predicted octanol–water partition coefficient (Wildman–Crippen LogP) is 4.16. The van der Waals surface area contributed by atoms with E-state index in [-0.39, 0.29) is 16.3 Å². The third kappa shape index (κ3) is 4.32. The minimum Gasteiger partial charge on any atom is -0.320 e. The van der Waals surface area contributed by atoms with Gasteiger partial charge in [0.25, 0.3) is 15.9 Å². The van der Waals surface area contributed by atoms with Gasteiger partial charge in [0.15, 0.2) is 0 Å². The molecule has 3 rings (SSSR count). The molecule has 0 saturated heterocycles. The van der Waals surface area contributed by atoms with E-state index in [9.17, 15) is 26.4 Å². The van der Waals surface area contributed by atoms with Gasteiger partial charge in [-0.25, -0.2) is 21.6 Å². The van der Waals surface area contributed by atoms with Crippen molar-refractivity contribution in [3.05, 3.63) is 89.7 Å². The quantitative estimate of drug-likeness (QED) is 0.668. The highest BCUT2D eigenvalue weighted by Gasteiger charge is 2.18. The van der Waals surface area contributed by atoms with Crippen molar-refractivity contribution in [2.24, 2.45) is 0 Å². The number of hydrogen-bond donors (Lipinski definition) is 2. The number of halogens is 3. The second kappa shape index (κ2) is 7.73. The van der Waals surface area contributed by atoms with Gasteiger partial charge in [0.1, 0.15) is 17.5 Å². The molecule has 5 nitrogen and oxygen atoms in total. The summed E-state index contributed by atoms with van der Waals surface area (Å²) in [5.41, 5.74) is -0.331. The second-order valence-electron chi connectivity index (χ2n) is 5.68. The van der Waals surface area contributed by atoms with Crippen molar-refractivity contribution in [3.63, 3.8) is 0 Å². The molecule has 3 aromatic carbocycles. The van der Waals surface area contributed by atoms with Crippen LogP contribution in [0.4, 0.5) is 24.5 Å². The van der Waals surface area contributed by atoms with Crippen LogP contribution in [0.5, 0.6) is 0 Å². The van der Waals surface area contributed by atoms with Gasteiger partial charge in [-0.15, -0.1) is 0 Å². The lowest BCUT2D eigenvalue weighted by Crippen LogP contribution is -2.18. The molecule has 0 spiro atoms. The number of para-hydroxylation sites is 2. The number of carbonyl (C=O) groups excluding carboxylic acids is 1. The number of sulfonamides is 1. The average molecular weight is 406 g/mol. The third-order valence-corrected chi connectivity index (χ3v) is 5.10. The van der Waals surface area contributed by atoms with Crippen LogP contribution in [-0.2, 0) is 10.0 Å². The van der Waals surface area contributed by atoms with Gasteiger partial charge in [-0.05, 0) is 48.5 Å². The third-order valence-electron chi connectivity index (χ3n) is 3.72. The van der Waals surface area contributed by atoms with Crippen molar-refractivity contribution in [1.82, 2.24) is 0 Å². The molecule has 0 atom stereocenters. The van der Waals surface area contributed by atoms with Crippen molar-refractivity contribution in [2.75, 3.05) is 10.0 Å². The lowest BCUT2D eigenvalue weighted by atomic mass is 10.2. The summed E-state index contributed by atoms with van der Waals surface area (Å²) in [5.74, 6) is -3.36. The first-order chi connectivity index (χ1) is 13.3. The lowest BCUT2D eigenvalue weighted by molar-refractivity contribution is 0.102. The van der Waals surface area contributed by atoms with Crippen LogP contribution in [0.25, 0.3) is 0 Å². The Balaban J connectivity index is 1.87. The number of benzene rings is 3. The molecule has 0 aliphatic carbocycles. The first kappa shape index (κ1) is 19.4. The molecule has 0 aromatic heterocycles. The smallest absolute Gasteiger partial charge is 0.261 e. The SMILES string of the molecule is O=C(Nc1ccccc1NS(=O)(=O)c1ccc(F)cc1)c1ccc(F)cc1F. The standard InChI is InChI=1S/C19H13F3N2O3S/c20-12-5-8-14(9-6-12)28(26,27)24-18-4-2-1-3-17(18)23-19(25)15-10-7-13(21)11-16(15)22/h1-11,24H,(H,23,25). The molecular weight excluding hydrogens is 393 g/mol. The maximum absolute atomic E-state index is 13.8. The van der Waals surface area contributed by atoms with Gasteiger partial charge in [0.2, 0.25) is 0 Å². The molecule has 9 heteroatoms. The maximum atomic E-state index is 13.8. The predicted molar refractivity (Wildman–Crippen MR) is 98.0 cm³/mol. The Hall–Kier alpha value is -3.33. The van der Waals surface area contributed by atoms with E-state index < -0.39 is 38.9 Å². The molecule has 0 aliphatic rings. The molecule has 3 aromatic rings. The van der Waals surface area contributed by atoms with Crippen LogP contribution in [0, 0.1) is 17.5 Å². The zero-order valence-corrected chi connectivity index (χ0v) is 14.9. The van der Waals surface area contributed by atoms with Crippen molar-refractivity contribution >= 4 is 27.3 Å². The van der Waals surface area contributed by atoms with E-state index >= 15 is 0 Å². The highest BCUT2D eigenvalue weighted by molar-refractivity contribution is 7.92. The molecule has 144 valence electrons. The summed E-state index contributed by atoms with van der Waals surface area (Å²) in [4.78, 5) is 12.1. The summed E-state index contributed by atoms with van der Waals surface area (Å²) in [6, 6.07) is 12.5. The fourth-order valence-electron chi connectivity index (χ4n) is 2.36. The Kier molecular flexibility index (Phi) is 5.36. The highest BCUT2D eigenvalue weighted by atomic mass is 32.2. The minimum absolute atomic E-state index is 0.0164. The number of amides is 1. The van der Waals surface area contributed by atoms with E-state index in [1.165, 1.54) is 24.3 Å². The van der Waals surface area contributed by atoms with Crippen LogP contribution in [0.1, 0.15) is 10.4 Å². The van der Waals surface area contributed by atoms with E-state index in [0.717, 1.165) is 36.4 Å². The molecular formula is C19H13F3N2O3S. The van der Waals surface area contributed by atoms with Crippen molar-refractivity contribution in [3.8, 4) is 0 Å². The van der Waals surface area contributed by atoms with Crippen LogP contribution >= 0.6 is 0 Å². The number of carbonyl (C=O) groups is 1. The van der Waals surface area contributed by atoms with Gasteiger partial charge in [0.05, 0.1) is 21.8 Å². The van der Waals surface area contributed by atoms with Crippen LogP contribution in [0.3, 0.4) is 0 Å². The Labute approximate surface area is 158 Å². The summed E-state index contributed by atoms with van der Waals surface area (Å²) >= 11 is 0. The summed E-state index contributed by atoms with van der Waals surface area (Å²) in [7, 11) is -4.06. The average Bonchev–Trinajstić information content (AvgIpc) is 2.63. The van der Waals surface area contributed by atoms with Gasteiger partial charge < -0.3 is 5.32 Å². The Morgan fingerprint density at radius 2 is 1.39 bits per heavy atom. The number of hydrogen-bond acceptors (Lipinski definition) is 3. The van der Waals surface area contributed by atoms with Gasteiger partial charge in [0, 0.05) is 6.07 Å². The number of anilines is 2. The number of nitrogens with one attached hydrogen (secondary N) is 2. The first-order valence-corrected chi connectivity index (χ1v) is 9.38. The molecule has 0 heterocycles. The lowest BCUT2D eigenvalue weighted by Gasteiger charge is -2.14. The highest BCUT2D eigenvalue weighted by Crippen LogP contribution is 2.25. The molecule has 2 N–H and O–H groups in total. The summed E-state index contributed by atoms with van der Waals surface area (Å²) < 4.78 is 67.0. The maximum Gasteiger partial charge on any atom is 0.261 e. The van der Waals surface area contributed by atoms with Gasteiger partial charge >= 0.3 is 0 Å². The van der Waals surface area contributed by atoms with E-state index in [1.54, 1.807) is 0 Å². The fraction of sp³-hybridized carbons (Fsp3) is 0. The first-order valence-electron chi connectivity index (χ1n) is 7.90. The molecule has 0 aliphatic heterocycles. The minimum atomic E-state index is -4.06. The fourth-order valence-corrected chi connectivity index (χ4v) is 3.44. The van der Waals surface area contributed by atoms with Crippen molar-refractivity contribution in [1.29, 1.82) is 0 Å². The summed E-state index contributed by atoms with van der Waals surface area (Å²) in [5, 5.41) is 2.38. The molecule has 0 saturated carbocycles. The van der Waals surface area contributed by atoms with E-state index in [4.69, 9.17) is 0 Å². The zero-order valence-electron chi connectivity index (χ0n) is 14.1. The van der Waals surface area contributed by atoms with Crippen LogP contribution in [0.2, 0.25) is 0 Å². The molecule has 1 amide bonds. The molecule has 0 unspecified atom stereocenters. The van der Waals surface area contributed by atoms with Crippen LogP contribution < -0.4 is 10.0 Å². The largest absolute Gasteiger partial charge is 0.320 e. The molecule has 28 heavy (non-hydrogen) atoms. The van der Waals surface area contributed by atoms with Gasteiger partial charge in [-0.2, -0.15) is 0 Å². The molecule has 0 bridgehead atoms. The normalized spacial score (nSPS) is 11.1. The van der Waals surface area contributed by atoms with E-state index in [2.05, 4.69) is 10.0 Å². The van der Waals surface area contributed by atoms with E-state index in [1.807, 2.05) is 0 Å².